The second-order valence-corrected chi connectivity index (χ2v) is 6.63. The molecular weight excluding hydrogens is 238 g/mol. The van der Waals surface area contributed by atoms with Gasteiger partial charge >= 0.3 is 0 Å². The summed E-state index contributed by atoms with van der Waals surface area (Å²) in [5.74, 6) is 1.01. The van der Waals surface area contributed by atoms with Crippen molar-refractivity contribution in [2.24, 2.45) is 5.92 Å². The first-order chi connectivity index (χ1) is 9.28. The van der Waals surface area contributed by atoms with Gasteiger partial charge in [-0.3, -0.25) is 9.69 Å². The Balaban J connectivity index is 1.54. The molecule has 0 radical (unpaired) electrons. The van der Waals surface area contributed by atoms with Crippen molar-refractivity contribution in [2.45, 2.75) is 50.5 Å². The lowest BCUT2D eigenvalue weighted by Gasteiger charge is -2.49. The summed E-state index contributed by atoms with van der Waals surface area (Å²) >= 11 is 0. The number of rotatable bonds is 4. The number of carbonyl (C=O) groups is 1. The molecule has 0 aromatic rings. The zero-order valence-electron chi connectivity index (χ0n) is 11.9. The van der Waals surface area contributed by atoms with Gasteiger partial charge in [0.1, 0.15) is 0 Å². The molecule has 1 aliphatic heterocycles. The maximum absolute atomic E-state index is 12.1. The highest BCUT2D eigenvalue weighted by atomic mass is 16.2. The molecule has 1 amide bonds. The van der Waals surface area contributed by atoms with Crippen molar-refractivity contribution in [1.29, 1.82) is 0 Å². The molecule has 2 N–H and O–H groups in total. The van der Waals surface area contributed by atoms with E-state index in [2.05, 4.69) is 15.5 Å². The summed E-state index contributed by atoms with van der Waals surface area (Å²) in [6.07, 6.45) is 9.13. The Morgan fingerprint density at radius 2 is 2.05 bits per heavy atom. The first-order valence-corrected chi connectivity index (χ1v) is 8.01. The lowest BCUT2D eigenvalue weighted by atomic mass is 9.79. The average Bonchev–Trinajstić information content (AvgIpc) is 3.25. The Morgan fingerprint density at radius 1 is 1.26 bits per heavy atom. The Morgan fingerprint density at radius 3 is 2.79 bits per heavy atom. The van der Waals surface area contributed by atoms with E-state index in [0.717, 1.165) is 32.1 Å². The van der Waals surface area contributed by atoms with Crippen LogP contribution in [-0.2, 0) is 4.79 Å². The minimum Gasteiger partial charge on any atom is -0.355 e. The number of hydrogen-bond donors (Lipinski definition) is 2. The summed E-state index contributed by atoms with van der Waals surface area (Å²) in [5, 5.41) is 6.65. The van der Waals surface area contributed by atoms with E-state index in [4.69, 9.17) is 0 Å². The Bertz CT molecular complexity index is 313. The van der Waals surface area contributed by atoms with Crippen molar-refractivity contribution in [3.05, 3.63) is 0 Å². The van der Waals surface area contributed by atoms with E-state index in [1.807, 2.05) is 0 Å². The van der Waals surface area contributed by atoms with Crippen LogP contribution in [0.25, 0.3) is 0 Å². The predicted molar refractivity (Wildman–Crippen MR) is 76.0 cm³/mol. The van der Waals surface area contributed by atoms with Crippen LogP contribution in [0.3, 0.4) is 0 Å². The number of piperazine rings is 1. The van der Waals surface area contributed by atoms with E-state index in [9.17, 15) is 4.79 Å². The van der Waals surface area contributed by atoms with Crippen LogP contribution in [0.2, 0.25) is 0 Å². The highest BCUT2D eigenvalue weighted by Gasteiger charge is 2.40. The van der Waals surface area contributed by atoms with Crippen molar-refractivity contribution >= 4 is 5.91 Å². The average molecular weight is 265 g/mol. The van der Waals surface area contributed by atoms with Gasteiger partial charge in [-0.25, -0.2) is 0 Å². The van der Waals surface area contributed by atoms with Crippen LogP contribution < -0.4 is 10.6 Å². The van der Waals surface area contributed by atoms with Crippen LogP contribution in [0, 0.1) is 5.92 Å². The fraction of sp³-hybridized carbons (Fsp3) is 0.933. The summed E-state index contributed by atoms with van der Waals surface area (Å²) in [5.41, 5.74) is 0.271. The quantitative estimate of drug-likeness (QED) is 0.800. The molecule has 4 nitrogen and oxygen atoms in total. The van der Waals surface area contributed by atoms with Gasteiger partial charge in [-0.2, -0.15) is 0 Å². The van der Waals surface area contributed by atoms with Crippen molar-refractivity contribution in [2.75, 3.05) is 32.7 Å². The molecule has 1 saturated heterocycles. The first-order valence-electron chi connectivity index (χ1n) is 8.01. The van der Waals surface area contributed by atoms with Crippen molar-refractivity contribution in [3.8, 4) is 0 Å². The molecule has 0 aromatic carbocycles. The summed E-state index contributed by atoms with van der Waals surface area (Å²) in [7, 11) is 0. The van der Waals surface area contributed by atoms with Crippen LogP contribution >= 0.6 is 0 Å². The van der Waals surface area contributed by atoms with Gasteiger partial charge in [-0.1, -0.05) is 19.3 Å². The molecule has 3 rings (SSSR count). The van der Waals surface area contributed by atoms with Gasteiger partial charge < -0.3 is 10.6 Å². The van der Waals surface area contributed by atoms with E-state index >= 15 is 0 Å². The second kappa shape index (κ2) is 5.80. The van der Waals surface area contributed by atoms with Gasteiger partial charge in [0.25, 0.3) is 0 Å². The van der Waals surface area contributed by atoms with E-state index in [1.54, 1.807) is 0 Å². The number of nitrogens with zero attached hydrogens (tertiary/aromatic N) is 1. The molecule has 2 aliphatic carbocycles. The van der Waals surface area contributed by atoms with Crippen LogP contribution in [0.1, 0.15) is 44.9 Å². The van der Waals surface area contributed by atoms with Gasteiger partial charge in [0.05, 0.1) is 6.54 Å². The van der Waals surface area contributed by atoms with Crippen molar-refractivity contribution in [1.82, 2.24) is 15.5 Å². The molecule has 0 atom stereocenters. The number of amides is 1. The molecule has 3 fully saturated rings. The number of hydrogen-bond acceptors (Lipinski definition) is 3. The topological polar surface area (TPSA) is 44.4 Å². The molecular formula is C15H27N3O. The SMILES string of the molecule is O=C(CN1CCNCC12CCCCC2)NCC1CC1. The molecule has 19 heavy (non-hydrogen) atoms. The van der Waals surface area contributed by atoms with Gasteiger partial charge in [-0.15, -0.1) is 0 Å². The fourth-order valence-electron chi connectivity index (χ4n) is 3.64. The Labute approximate surface area is 116 Å². The lowest BCUT2D eigenvalue weighted by Crippen LogP contribution is -2.63. The molecule has 1 spiro atoms. The van der Waals surface area contributed by atoms with Crippen LogP contribution in [-0.4, -0.2) is 49.1 Å². The lowest BCUT2D eigenvalue weighted by molar-refractivity contribution is -0.125. The molecule has 0 bridgehead atoms. The molecule has 0 unspecified atom stereocenters. The zero-order valence-corrected chi connectivity index (χ0v) is 11.9. The third-order valence-electron chi connectivity index (χ3n) is 5.09. The van der Waals surface area contributed by atoms with Crippen LogP contribution in [0.4, 0.5) is 0 Å². The summed E-state index contributed by atoms with van der Waals surface area (Å²) in [4.78, 5) is 14.6. The molecule has 2 saturated carbocycles. The van der Waals surface area contributed by atoms with Crippen LogP contribution in [0.15, 0.2) is 0 Å². The van der Waals surface area contributed by atoms with Gasteiger partial charge in [-0.05, 0) is 31.6 Å². The molecule has 108 valence electrons. The predicted octanol–water partition coefficient (Wildman–Crippen LogP) is 1.12. The fourth-order valence-corrected chi connectivity index (χ4v) is 3.64. The van der Waals surface area contributed by atoms with Gasteiger partial charge in [0.15, 0.2) is 0 Å². The van der Waals surface area contributed by atoms with Gasteiger partial charge in [0.2, 0.25) is 5.91 Å². The van der Waals surface area contributed by atoms with Crippen LogP contribution in [0.5, 0.6) is 0 Å². The summed E-state index contributed by atoms with van der Waals surface area (Å²) in [6, 6.07) is 0. The third-order valence-corrected chi connectivity index (χ3v) is 5.09. The second-order valence-electron chi connectivity index (χ2n) is 6.63. The van der Waals surface area contributed by atoms with E-state index < -0.39 is 0 Å². The molecule has 4 heteroatoms. The summed E-state index contributed by atoms with van der Waals surface area (Å²) in [6.45, 7) is 4.63. The Hall–Kier alpha value is -0.610. The Kier molecular flexibility index (Phi) is 4.08. The monoisotopic (exact) mass is 265 g/mol. The third kappa shape index (κ3) is 3.29. The standard InChI is InChI=1S/C15H27N3O/c19-14(17-10-13-4-5-13)11-18-9-8-16-12-15(18)6-2-1-3-7-15/h13,16H,1-12H2,(H,17,19). The molecule has 1 heterocycles. The van der Waals surface area contributed by atoms with Crippen molar-refractivity contribution < 1.29 is 4.79 Å². The smallest absolute Gasteiger partial charge is 0.234 e. The number of carbonyl (C=O) groups excluding carboxylic acids is 1. The molecule has 3 aliphatic rings. The highest BCUT2D eigenvalue weighted by Crippen LogP contribution is 2.34. The normalized spacial score (nSPS) is 27.4. The molecule has 0 aromatic heterocycles. The van der Waals surface area contributed by atoms with E-state index in [1.165, 1.54) is 44.9 Å². The minimum atomic E-state index is 0.235. The largest absolute Gasteiger partial charge is 0.355 e. The van der Waals surface area contributed by atoms with Gasteiger partial charge in [0, 0.05) is 31.7 Å². The zero-order chi connectivity index (χ0) is 13.1. The highest BCUT2D eigenvalue weighted by molar-refractivity contribution is 5.78. The first kappa shape index (κ1) is 13.4. The minimum absolute atomic E-state index is 0.235. The maximum Gasteiger partial charge on any atom is 0.234 e. The number of nitrogens with one attached hydrogen (secondary N) is 2. The van der Waals surface area contributed by atoms with E-state index in [-0.39, 0.29) is 11.4 Å². The van der Waals surface area contributed by atoms with E-state index in [0.29, 0.717) is 6.54 Å². The summed E-state index contributed by atoms with van der Waals surface area (Å²) < 4.78 is 0. The maximum atomic E-state index is 12.1. The van der Waals surface area contributed by atoms with Crippen molar-refractivity contribution in [3.63, 3.8) is 0 Å².